The first-order valence-corrected chi connectivity index (χ1v) is 12.5. The minimum Gasteiger partial charge on any atom is -0.507 e. The number of phenolic OH excluding ortho intramolecular Hbond substituents is 1. The van der Waals surface area contributed by atoms with Gasteiger partial charge in [-0.2, -0.15) is 0 Å². The monoisotopic (exact) mass is 552 g/mol. The number of ketones is 4. The van der Waals surface area contributed by atoms with Crippen molar-refractivity contribution in [2.45, 2.75) is 17.7 Å². The highest BCUT2D eigenvalue weighted by atomic mass is 35.5. The molecule has 0 heterocycles. The fourth-order valence-electron chi connectivity index (χ4n) is 6.43. The predicted molar refractivity (Wildman–Crippen MR) is 138 cm³/mol. The van der Waals surface area contributed by atoms with Gasteiger partial charge >= 0.3 is 0 Å². The second-order valence-electron chi connectivity index (χ2n) is 10.3. The molecular formula is C28H25ClN2O8. The number of phenols is 1. The van der Waals surface area contributed by atoms with E-state index in [2.05, 4.69) is 0 Å². The zero-order chi connectivity index (χ0) is 28.5. The van der Waals surface area contributed by atoms with E-state index in [0.29, 0.717) is 10.6 Å². The molecule has 0 bridgehead atoms. The van der Waals surface area contributed by atoms with Crippen molar-refractivity contribution in [1.29, 1.82) is 0 Å². The van der Waals surface area contributed by atoms with Crippen LogP contribution >= 0.6 is 11.6 Å². The van der Waals surface area contributed by atoms with Crippen LogP contribution in [0.2, 0.25) is 5.02 Å². The summed E-state index contributed by atoms with van der Waals surface area (Å²) in [5.74, 6) is -13.4. The summed E-state index contributed by atoms with van der Waals surface area (Å²) in [6, 6.07) is 9.51. The number of rotatable bonds is 3. The molecule has 3 aliphatic rings. The fourth-order valence-corrected chi connectivity index (χ4v) is 6.62. The van der Waals surface area contributed by atoms with Crippen LogP contribution in [0.25, 0.3) is 11.6 Å². The topological polar surface area (TPSA) is 175 Å². The number of nitrogens with zero attached hydrogens (tertiary/aromatic N) is 1. The number of benzene rings is 2. The van der Waals surface area contributed by atoms with E-state index >= 15 is 0 Å². The third kappa shape index (κ3) is 3.63. The molecule has 0 spiro atoms. The number of aliphatic hydroxyl groups is 2. The smallest absolute Gasteiger partial charge is 0.235 e. The normalized spacial score (nSPS) is 33.1. The van der Waals surface area contributed by atoms with Crippen molar-refractivity contribution < 1.29 is 39.3 Å². The van der Waals surface area contributed by atoms with Gasteiger partial charge in [-0.3, -0.25) is 28.9 Å². The maximum absolute atomic E-state index is 14.1. The molecule has 2 unspecified atom stereocenters. The standard InChI is InChI=1S/C28H25ClN2O8/c1-31(2)21-20-23(34)17-13(10-11-6-3-4-8-14(11)29)12-7-5-9-15(32)16(12)22(33)18(17)25(36)28(20,39)26(37)19(24(21)35)27(30)38/h3-10,17-21,23,32,34,39H,1-2H3,(H2,30,38)/t17-,18?,19?,20-,21+,23+,28+/m0/s1. The van der Waals surface area contributed by atoms with Crippen molar-refractivity contribution in [3.05, 3.63) is 64.2 Å². The molecule has 5 N–H and O–H groups in total. The molecule has 202 valence electrons. The Labute approximate surface area is 227 Å². The van der Waals surface area contributed by atoms with E-state index < -0.39 is 76.2 Å². The summed E-state index contributed by atoms with van der Waals surface area (Å²) in [5.41, 5.74) is 2.98. The maximum Gasteiger partial charge on any atom is 0.235 e. The molecule has 0 radical (unpaired) electrons. The summed E-state index contributed by atoms with van der Waals surface area (Å²) in [4.78, 5) is 68.1. The van der Waals surface area contributed by atoms with Crippen molar-refractivity contribution in [2.75, 3.05) is 14.1 Å². The van der Waals surface area contributed by atoms with Crippen LogP contribution < -0.4 is 5.73 Å². The number of amides is 1. The highest BCUT2D eigenvalue weighted by Gasteiger charge is 2.72. The van der Waals surface area contributed by atoms with Crippen molar-refractivity contribution >= 4 is 52.3 Å². The van der Waals surface area contributed by atoms with E-state index in [1.165, 1.54) is 37.2 Å². The summed E-state index contributed by atoms with van der Waals surface area (Å²) in [5, 5.41) is 34.5. The van der Waals surface area contributed by atoms with Crippen LogP contribution in [-0.4, -0.2) is 81.1 Å². The molecule has 5 rings (SSSR count). The molecule has 2 saturated carbocycles. The van der Waals surface area contributed by atoms with Gasteiger partial charge in [0.2, 0.25) is 5.91 Å². The number of carbonyl (C=O) groups excluding carboxylic acids is 5. The lowest BCUT2D eigenvalue weighted by Crippen LogP contribution is -2.77. The SMILES string of the molecule is CN(C)[C@H]1C(=O)C(C(N)=O)C(=O)[C@]2(O)C(=O)C3C(=O)c4c(O)cccc4C(=Cc4ccccc4Cl)[C@@H]3[C@@H](O)[C@H]12. The molecule has 2 fully saturated rings. The minimum atomic E-state index is -3.07. The predicted octanol–water partition coefficient (Wildman–Crippen LogP) is 0.489. The molecule has 0 aliphatic heterocycles. The van der Waals surface area contributed by atoms with Gasteiger partial charge in [0, 0.05) is 10.9 Å². The Balaban J connectivity index is 1.81. The number of carbonyl (C=O) groups is 5. The molecule has 0 saturated heterocycles. The number of likely N-dealkylation sites (N-methyl/N-ethyl adjacent to an activating group) is 1. The summed E-state index contributed by atoms with van der Waals surface area (Å²) in [6.45, 7) is 0. The van der Waals surface area contributed by atoms with Crippen LogP contribution in [0, 0.1) is 23.7 Å². The van der Waals surface area contributed by atoms with Crippen molar-refractivity contribution in [1.82, 2.24) is 4.90 Å². The van der Waals surface area contributed by atoms with Gasteiger partial charge in [-0.1, -0.05) is 41.9 Å². The molecule has 10 nitrogen and oxygen atoms in total. The number of hydrogen-bond donors (Lipinski definition) is 4. The number of aliphatic hydroxyl groups excluding tert-OH is 1. The lowest BCUT2D eigenvalue weighted by atomic mass is 9.50. The van der Waals surface area contributed by atoms with Gasteiger partial charge in [0.1, 0.15) is 5.75 Å². The van der Waals surface area contributed by atoms with Gasteiger partial charge in [0.15, 0.2) is 34.7 Å². The first kappa shape index (κ1) is 26.9. The Morgan fingerprint density at radius 1 is 1.05 bits per heavy atom. The van der Waals surface area contributed by atoms with Gasteiger partial charge in [-0.15, -0.1) is 0 Å². The quantitative estimate of drug-likeness (QED) is 0.395. The van der Waals surface area contributed by atoms with E-state index in [1.807, 2.05) is 0 Å². The number of nitrogens with two attached hydrogens (primary N) is 1. The first-order valence-electron chi connectivity index (χ1n) is 12.1. The average molecular weight is 553 g/mol. The largest absolute Gasteiger partial charge is 0.507 e. The van der Waals surface area contributed by atoms with Crippen LogP contribution in [0.15, 0.2) is 42.5 Å². The van der Waals surface area contributed by atoms with Crippen LogP contribution in [0.1, 0.15) is 21.5 Å². The molecule has 2 aromatic carbocycles. The highest BCUT2D eigenvalue weighted by Crippen LogP contribution is 2.54. The minimum absolute atomic E-state index is 0.225. The number of halogens is 1. The Morgan fingerprint density at radius 2 is 1.72 bits per heavy atom. The van der Waals surface area contributed by atoms with Gasteiger partial charge < -0.3 is 21.1 Å². The molecule has 39 heavy (non-hydrogen) atoms. The third-order valence-electron chi connectivity index (χ3n) is 8.09. The maximum atomic E-state index is 14.1. The van der Waals surface area contributed by atoms with E-state index in [-0.39, 0.29) is 16.7 Å². The summed E-state index contributed by atoms with van der Waals surface area (Å²) in [6.07, 6.45) is -0.227. The molecular weight excluding hydrogens is 528 g/mol. The first-order chi connectivity index (χ1) is 18.3. The van der Waals surface area contributed by atoms with Gasteiger partial charge in [-0.25, -0.2) is 0 Å². The van der Waals surface area contributed by atoms with E-state index in [4.69, 9.17) is 17.3 Å². The second-order valence-corrected chi connectivity index (χ2v) is 10.8. The van der Waals surface area contributed by atoms with Crippen molar-refractivity contribution in [3.8, 4) is 5.75 Å². The van der Waals surface area contributed by atoms with Gasteiger partial charge in [-0.05, 0) is 49.0 Å². The van der Waals surface area contributed by atoms with Crippen LogP contribution in [-0.2, 0) is 19.2 Å². The number of hydrogen-bond acceptors (Lipinski definition) is 9. The summed E-state index contributed by atoms with van der Waals surface area (Å²) >= 11 is 6.38. The average Bonchev–Trinajstić information content (AvgIpc) is 2.86. The molecule has 11 heteroatoms. The lowest BCUT2D eigenvalue weighted by molar-refractivity contribution is -0.192. The number of Topliss-reactive ketones (excluding diaryl/α,β-unsaturated/α-hetero) is 4. The molecule has 7 atom stereocenters. The van der Waals surface area contributed by atoms with Crippen LogP contribution in [0.4, 0.5) is 0 Å². The van der Waals surface area contributed by atoms with E-state index in [9.17, 15) is 39.3 Å². The fraction of sp³-hybridized carbons (Fsp3) is 0.321. The molecule has 1 amide bonds. The van der Waals surface area contributed by atoms with Crippen molar-refractivity contribution in [2.24, 2.45) is 29.4 Å². The molecule has 2 aromatic rings. The Morgan fingerprint density at radius 3 is 2.33 bits per heavy atom. The van der Waals surface area contributed by atoms with Gasteiger partial charge in [0.05, 0.1) is 29.5 Å². The number of primary amides is 1. The number of aromatic hydroxyl groups is 1. The van der Waals surface area contributed by atoms with Crippen LogP contribution in [0.5, 0.6) is 5.75 Å². The zero-order valence-corrected chi connectivity index (χ0v) is 21.6. The Bertz CT molecular complexity index is 1500. The third-order valence-corrected chi connectivity index (χ3v) is 8.43. The second kappa shape index (κ2) is 9.20. The number of fused-ring (bicyclic) bond motifs is 3. The zero-order valence-electron chi connectivity index (χ0n) is 20.9. The Kier molecular flexibility index (Phi) is 6.34. The Hall–Kier alpha value is -3.70. The van der Waals surface area contributed by atoms with E-state index in [1.54, 1.807) is 30.3 Å². The molecule has 3 aliphatic carbocycles. The summed E-state index contributed by atoms with van der Waals surface area (Å²) < 4.78 is 0. The lowest BCUT2D eigenvalue weighted by Gasteiger charge is -2.55. The summed E-state index contributed by atoms with van der Waals surface area (Å²) in [7, 11) is 2.86. The van der Waals surface area contributed by atoms with E-state index in [0.717, 1.165) is 0 Å². The van der Waals surface area contributed by atoms with Gasteiger partial charge in [0.25, 0.3) is 0 Å². The van der Waals surface area contributed by atoms with Crippen molar-refractivity contribution in [3.63, 3.8) is 0 Å². The molecule has 0 aromatic heterocycles. The highest BCUT2D eigenvalue weighted by molar-refractivity contribution is 6.34. The van der Waals surface area contributed by atoms with Crippen LogP contribution in [0.3, 0.4) is 0 Å².